The first-order chi connectivity index (χ1) is 8.49. The van der Waals surface area contributed by atoms with Crippen molar-refractivity contribution in [1.29, 1.82) is 0 Å². The molecular weight excluding hydrogens is 248 g/mol. The third-order valence-electron chi connectivity index (χ3n) is 3.39. The summed E-state index contributed by atoms with van der Waals surface area (Å²) in [5, 5.41) is 3.44. The lowest BCUT2D eigenvalue weighted by molar-refractivity contribution is 0.293. The van der Waals surface area contributed by atoms with Gasteiger partial charge in [0.25, 0.3) is 0 Å². The minimum Gasteiger partial charge on any atom is -0.315 e. The number of hydrogen-bond acceptors (Lipinski definition) is 4. The van der Waals surface area contributed by atoms with Gasteiger partial charge in [-0.3, -0.25) is 0 Å². The van der Waals surface area contributed by atoms with Crippen LogP contribution in [0.1, 0.15) is 33.1 Å². The second kappa shape index (κ2) is 8.12. The Hall–Kier alpha value is -0.130. The summed E-state index contributed by atoms with van der Waals surface area (Å²) in [6.07, 6.45) is 3.29. The van der Waals surface area contributed by atoms with Gasteiger partial charge in [-0.15, -0.1) is 0 Å². The lowest BCUT2D eigenvalue weighted by Crippen LogP contribution is -2.34. The van der Waals surface area contributed by atoms with Crippen molar-refractivity contribution in [3.05, 3.63) is 0 Å². The zero-order valence-electron chi connectivity index (χ0n) is 11.8. The maximum Gasteiger partial charge on any atom is 0.151 e. The Kier molecular flexibility index (Phi) is 7.19. The molecule has 5 heteroatoms. The summed E-state index contributed by atoms with van der Waals surface area (Å²) in [6, 6.07) is 0. The van der Waals surface area contributed by atoms with Crippen molar-refractivity contribution in [3.63, 3.8) is 0 Å². The van der Waals surface area contributed by atoms with Crippen LogP contribution >= 0.6 is 0 Å². The molecule has 4 nitrogen and oxygen atoms in total. The minimum absolute atomic E-state index is 0.334. The van der Waals surface area contributed by atoms with E-state index in [0.29, 0.717) is 18.1 Å². The summed E-state index contributed by atoms with van der Waals surface area (Å²) in [5.41, 5.74) is 0. The maximum absolute atomic E-state index is 11.5. The van der Waals surface area contributed by atoms with E-state index in [1.54, 1.807) is 0 Å². The van der Waals surface area contributed by atoms with Gasteiger partial charge in [-0.1, -0.05) is 13.8 Å². The molecule has 1 saturated heterocycles. The van der Waals surface area contributed by atoms with Crippen molar-refractivity contribution in [3.8, 4) is 0 Å². The molecule has 0 saturated carbocycles. The summed E-state index contributed by atoms with van der Waals surface area (Å²) in [4.78, 5) is 2.26. The summed E-state index contributed by atoms with van der Waals surface area (Å²) in [6.45, 7) is 9.14. The Morgan fingerprint density at radius 1 is 1.17 bits per heavy atom. The van der Waals surface area contributed by atoms with E-state index in [1.165, 1.54) is 12.8 Å². The Bertz CT molecular complexity index is 315. The van der Waals surface area contributed by atoms with Gasteiger partial charge in [0.2, 0.25) is 0 Å². The van der Waals surface area contributed by atoms with Crippen LogP contribution in [0, 0.1) is 5.92 Å². The lowest BCUT2D eigenvalue weighted by atomic mass is 10.1. The monoisotopic (exact) mass is 276 g/mol. The topological polar surface area (TPSA) is 49.4 Å². The normalized spacial score (nSPS) is 21.1. The molecule has 1 aliphatic heterocycles. The van der Waals surface area contributed by atoms with Gasteiger partial charge in [0.1, 0.15) is 0 Å². The molecule has 18 heavy (non-hydrogen) atoms. The van der Waals surface area contributed by atoms with Gasteiger partial charge in [0, 0.05) is 19.6 Å². The predicted octanol–water partition coefficient (Wildman–Crippen LogP) is 1.13. The van der Waals surface area contributed by atoms with E-state index >= 15 is 0 Å². The number of hydrogen-bond donors (Lipinski definition) is 1. The van der Waals surface area contributed by atoms with Crippen LogP contribution in [0.15, 0.2) is 0 Å². The molecule has 1 rings (SSSR count). The second-order valence-electron chi connectivity index (χ2n) is 5.63. The molecule has 0 aliphatic carbocycles. The van der Waals surface area contributed by atoms with Crippen LogP contribution in [0.5, 0.6) is 0 Å². The molecule has 0 aromatic carbocycles. The van der Waals surface area contributed by atoms with Gasteiger partial charge >= 0.3 is 0 Å². The molecular formula is C13H28N2O2S. The smallest absolute Gasteiger partial charge is 0.151 e. The van der Waals surface area contributed by atoms with Crippen molar-refractivity contribution in [2.24, 2.45) is 5.92 Å². The van der Waals surface area contributed by atoms with E-state index in [-0.39, 0.29) is 0 Å². The fourth-order valence-corrected chi connectivity index (χ4v) is 3.52. The zero-order chi connectivity index (χ0) is 13.4. The van der Waals surface area contributed by atoms with Crippen molar-refractivity contribution in [2.75, 3.05) is 44.2 Å². The summed E-state index contributed by atoms with van der Waals surface area (Å²) in [5.74, 6) is 1.48. The average molecular weight is 276 g/mol. The minimum atomic E-state index is -2.76. The summed E-state index contributed by atoms with van der Waals surface area (Å²) >= 11 is 0. The Balaban J connectivity index is 2.05. The van der Waals surface area contributed by atoms with Crippen LogP contribution in [0.25, 0.3) is 0 Å². The van der Waals surface area contributed by atoms with Gasteiger partial charge in [-0.2, -0.15) is 0 Å². The SMILES string of the molecule is CC(C)CCCNCCN1CCCS(=O)(=O)CC1. The Morgan fingerprint density at radius 3 is 2.67 bits per heavy atom. The quantitative estimate of drug-likeness (QED) is 0.708. The van der Waals surface area contributed by atoms with Gasteiger partial charge < -0.3 is 10.2 Å². The van der Waals surface area contributed by atoms with Gasteiger partial charge in [-0.25, -0.2) is 8.42 Å². The van der Waals surface area contributed by atoms with Gasteiger partial charge in [0.05, 0.1) is 11.5 Å². The number of nitrogens with zero attached hydrogens (tertiary/aromatic N) is 1. The van der Waals surface area contributed by atoms with Crippen LogP contribution < -0.4 is 5.32 Å². The molecule has 1 aliphatic rings. The third-order valence-corrected chi connectivity index (χ3v) is 5.10. The van der Waals surface area contributed by atoms with Crippen molar-refractivity contribution < 1.29 is 8.42 Å². The highest BCUT2D eigenvalue weighted by Crippen LogP contribution is 2.04. The fraction of sp³-hybridized carbons (Fsp3) is 1.00. The molecule has 108 valence electrons. The van der Waals surface area contributed by atoms with E-state index in [1.807, 2.05) is 0 Å². The first-order valence-electron chi connectivity index (χ1n) is 7.13. The average Bonchev–Trinajstić information content (AvgIpc) is 2.45. The van der Waals surface area contributed by atoms with Gasteiger partial charge in [0.15, 0.2) is 9.84 Å². The second-order valence-corrected chi connectivity index (χ2v) is 7.94. The van der Waals surface area contributed by atoms with E-state index in [2.05, 4.69) is 24.1 Å². The van der Waals surface area contributed by atoms with Crippen molar-refractivity contribution in [2.45, 2.75) is 33.1 Å². The first-order valence-corrected chi connectivity index (χ1v) is 8.95. The molecule has 1 fully saturated rings. The Labute approximate surface area is 112 Å². The highest BCUT2D eigenvalue weighted by Gasteiger charge is 2.18. The molecule has 0 radical (unpaired) electrons. The van der Waals surface area contributed by atoms with Crippen LogP contribution in [-0.2, 0) is 9.84 Å². The van der Waals surface area contributed by atoms with Crippen LogP contribution in [0.2, 0.25) is 0 Å². The number of nitrogens with one attached hydrogen (secondary N) is 1. The third kappa shape index (κ3) is 7.34. The van der Waals surface area contributed by atoms with Crippen LogP contribution in [0.4, 0.5) is 0 Å². The molecule has 0 atom stereocenters. The number of sulfone groups is 1. The van der Waals surface area contributed by atoms with Gasteiger partial charge in [-0.05, 0) is 38.3 Å². The molecule has 0 unspecified atom stereocenters. The largest absolute Gasteiger partial charge is 0.315 e. The molecule has 1 N–H and O–H groups in total. The van der Waals surface area contributed by atoms with Crippen LogP contribution in [0.3, 0.4) is 0 Å². The van der Waals surface area contributed by atoms with Crippen molar-refractivity contribution >= 4 is 9.84 Å². The Morgan fingerprint density at radius 2 is 1.94 bits per heavy atom. The number of rotatable bonds is 7. The highest BCUT2D eigenvalue weighted by molar-refractivity contribution is 7.91. The molecule has 0 bridgehead atoms. The molecule has 0 aromatic heterocycles. The predicted molar refractivity (Wildman–Crippen MR) is 76.7 cm³/mol. The van der Waals surface area contributed by atoms with E-state index < -0.39 is 9.84 Å². The first kappa shape index (κ1) is 15.9. The van der Waals surface area contributed by atoms with Crippen LogP contribution in [-0.4, -0.2) is 57.5 Å². The zero-order valence-corrected chi connectivity index (χ0v) is 12.6. The lowest BCUT2D eigenvalue weighted by Gasteiger charge is -2.19. The molecule has 1 heterocycles. The summed E-state index contributed by atoms with van der Waals surface area (Å²) in [7, 11) is -2.76. The summed E-state index contributed by atoms with van der Waals surface area (Å²) < 4.78 is 22.9. The maximum atomic E-state index is 11.5. The molecule has 0 spiro atoms. The van der Waals surface area contributed by atoms with E-state index in [0.717, 1.165) is 38.5 Å². The van der Waals surface area contributed by atoms with Crippen molar-refractivity contribution in [1.82, 2.24) is 10.2 Å². The fourth-order valence-electron chi connectivity index (χ4n) is 2.21. The highest BCUT2D eigenvalue weighted by atomic mass is 32.2. The van der Waals surface area contributed by atoms with E-state index in [4.69, 9.17) is 0 Å². The van der Waals surface area contributed by atoms with E-state index in [9.17, 15) is 8.42 Å². The molecule has 0 aromatic rings. The molecule has 0 amide bonds. The standard InChI is InChI=1S/C13H28N2O2S/c1-13(2)5-3-6-14-7-9-15-8-4-11-18(16,17)12-10-15/h13-14H,3-12H2,1-2H3.